The Hall–Kier alpha value is -4.37. The van der Waals surface area contributed by atoms with Gasteiger partial charge < -0.3 is 29.3 Å². The van der Waals surface area contributed by atoms with Crippen LogP contribution < -0.4 is 20.5 Å². The third-order valence-electron chi connectivity index (χ3n) is 7.74. The predicted octanol–water partition coefficient (Wildman–Crippen LogP) is 4.00. The highest BCUT2D eigenvalue weighted by molar-refractivity contribution is 5.96. The number of nitrogens with zero attached hydrogens (tertiary/aromatic N) is 5. The number of hydrogen-bond donors (Lipinski definition) is 1. The number of morpholine rings is 1. The molecule has 12 nitrogen and oxygen atoms in total. The van der Waals surface area contributed by atoms with Gasteiger partial charge >= 0.3 is 12.5 Å². The van der Waals surface area contributed by atoms with E-state index in [0.717, 1.165) is 11.8 Å². The number of carbonyl (C=O) groups excluding carboxylic acids is 2. The van der Waals surface area contributed by atoms with Crippen LogP contribution in [-0.2, 0) is 14.3 Å². The summed E-state index contributed by atoms with van der Waals surface area (Å²) in [6, 6.07) is 8.15. The molecule has 0 aliphatic carbocycles. The van der Waals surface area contributed by atoms with Gasteiger partial charge in [0.25, 0.3) is 5.56 Å². The lowest BCUT2D eigenvalue weighted by atomic mass is 10.1. The van der Waals surface area contributed by atoms with Crippen LogP contribution in [0.15, 0.2) is 47.5 Å². The second-order valence-corrected chi connectivity index (χ2v) is 12.1. The van der Waals surface area contributed by atoms with Crippen LogP contribution in [0.25, 0.3) is 16.6 Å². The molecule has 3 heterocycles. The molecule has 1 unspecified atom stereocenters. The first-order valence-corrected chi connectivity index (χ1v) is 15.0. The Morgan fingerprint density at radius 2 is 1.63 bits per heavy atom. The number of piperazine rings is 1. The molecule has 5 rings (SSSR count). The summed E-state index contributed by atoms with van der Waals surface area (Å²) in [6.07, 6.45) is -4.07. The average Bonchev–Trinajstić information content (AvgIpc) is 3.00. The van der Waals surface area contributed by atoms with Crippen LogP contribution in [0.3, 0.4) is 0 Å². The SMILES string of the molecule is CC(C(=O)Nc1cc(-n2cnc3cc(N4CCN(C(=O)OC(C)(C)C)CC4)ccc3c2=O)ccc1OC(F)(F)F)N1CCOCC1. The molecule has 3 aromatic rings. The van der Waals surface area contributed by atoms with E-state index < -0.39 is 35.2 Å². The zero-order valence-electron chi connectivity index (χ0n) is 26.1. The van der Waals surface area contributed by atoms with Crippen molar-refractivity contribution in [3.63, 3.8) is 0 Å². The monoisotopic (exact) mass is 646 g/mol. The molecule has 0 radical (unpaired) electrons. The zero-order valence-corrected chi connectivity index (χ0v) is 26.1. The molecule has 248 valence electrons. The second kappa shape index (κ2) is 13.2. The van der Waals surface area contributed by atoms with Crippen LogP contribution in [0.2, 0.25) is 0 Å². The minimum atomic E-state index is -5.00. The maximum absolute atomic E-state index is 13.5. The van der Waals surface area contributed by atoms with Crippen LogP contribution >= 0.6 is 0 Å². The third kappa shape index (κ3) is 7.88. The van der Waals surface area contributed by atoms with Crippen molar-refractivity contribution >= 4 is 34.3 Å². The molecule has 2 aliphatic heterocycles. The van der Waals surface area contributed by atoms with Gasteiger partial charge in [0.1, 0.15) is 11.9 Å². The molecule has 0 bridgehead atoms. The topological polar surface area (TPSA) is 118 Å². The van der Waals surface area contributed by atoms with Gasteiger partial charge in [-0.1, -0.05) is 0 Å². The van der Waals surface area contributed by atoms with Crippen molar-refractivity contribution in [2.75, 3.05) is 62.7 Å². The first-order valence-electron chi connectivity index (χ1n) is 15.0. The second-order valence-electron chi connectivity index (χ2n) is 12.1. The minimum Gasteiger partial charge on any atom is -0.444 e. The molecule has 15 heteroatoms. The van der Waals surface area contributed by atoms with E-state index in [1.54, 1.807) is 30.0 Å². The maximum atomic E-state index is 13.5. The van der Waals surface area contributed by atoms with Crippen LogP contribution in [0.1, 0.15) is 27.7 Å². The summed E-state index contributed by atoms with van der Waals surface area (Å²) >= 11 is 0. The Kier molecular flexibility index (Phi) is 9.44. The molecule has 2 amide bonds. The number of fused-ring (bicyclic) bond motifs is 1. The predicted molar refractivity (Wildman–Crippen MR) is 165 cm³/mol. The van der Waals surface area contributed by atoms with Crippen molar-refractivity contribution < 1.29 is 37.0 Å². The molecular weight excluding hydrogens is 609 g/mol. The van der Waals surface area contributed by atoms with E-state index in [1.807, 2.05) is 25.7 Å². The molecule has 46 heavy (non-hydrogen) atoms. The Morgan fingerprint density at radius 1 is 0.957 bits per heavy atom. The van der Waals surface area contributed by atoms with Crippen molar-refractivity contribution in [3.05, 3.63) is 53.1 Å². The van der Waals surface area contributed by atoms with Gasteiger partial charge in [-0.05, 0) is 64.1 Å². The largest absolute Gasteiger partial charge is 0.573 e. The summed E-state index contributed by atoms with van der Waals surface area (Å²) in [5.41, 5.74) is 0.168. The Morgan fingerprint density at radius 3 is 2.28 bits per heavy atom. The van der Waals surface area contributed by atoms with Gasteiger partial charge in [0.2, 0.25) is 5.91 Å². The minimum absolute atomic E-state index is 0.186. The number of carbonyl (C=O) groups is 2. The fourth-order valence-corrected chi connectivity index (χ4v) is 5.31. The van der Waals surface area contributed by atoms with E-state index in [1.165, 1.54) is 23.0 Å². The standard InChI is InChI=1S/C31H37F3N6O6/c1-20(37-13-15-44-16-14-37)27(41)36-25-18-22(6-8-26(25)45-31(32,33)34)40-19-35-24-17-21(5-7-23(24)28(40)42)38-9-11-39(12-10-38)29(43)46-30(2,3)4/h5-8,17-20H,9-16H2,1-4H3,(H,36,41). The van der Waals surface area contributed by atoms with Gasteiger partial charge in [-0.25, -0.2) is 9.78 Å². The van der Waals surface area contributed by atoms with Gasteiger partial charge in [0.05, 0.1) is 41.5 Å². The molecule has 2 aliphatic rings. The molecule has 1 aromatic heterocycles. The maximum Gasteiger partial charge on any atom is 0.573 e. The number of anilines is 2. The summed E-state index contributed by atoms with van der Waals surface area (Å²) in [6.45, 7) is 11.1. The highest BCUT2D eigenvalue weighted by Crippen LogP contribution is 2.32. The average molecular weight is 647 g/mol. The summed E-state index contributed by atoms with van der Waals surface area (Å²) in [7, 11) is 0. The van der Waals surface area contributed by atoms with Crippen molar-refractivity contribution in [2.45, 2.75) is 45.7 Å². The highest BCUT2D eigenvalue weighted by atomic mass is 19.4. The normalized spacial score (nSPS) is 17.1. The lowest BCUT2D eigenvalue weighted by molar-refractivity contribution is -0.274. The van der Waals surface area contributed by atoms with Crippen LogP contribution in [0, 0.1) is 0 Å². The first-order chi connectivity index (χ1) is 21.7. The summed E-state index contributed by atoms with van der Waals surface area (Å²) < 4.78 is 55.8. The number of aromatic nitrogens is 2. The van der Waals surface area contributed by atoms with E-state index in [2.05, 4.69) is 19.9 Å². The van der Waals surface area contributed by atoms with E-state index in [-0.39, 0.29) is 17.5 Å². The van der Waals surface area contributed by atoms with Crippen molar-refractivity contribution in [1.82, 2.24) is 19.4 Å². The fourth-order valence-electron chi connectivity index (χ4n) is 5.31. The van der Waals surface area contributed by atoms with Gasteiger partial charge in [0, 0.05) is 45.0 Å². The molecule has 2 fully saturated rings. The smallest absolute Gasteiger partial charge is 0.444 e. The van der Waals surface area contributed by atoms with Gasteiger partial charge in [0.15, 0.2) is 5.75 Å². The van der Waals surface area contributed by atoms with E-state index in [4.69, 9.17) is 9.47 Å². The molecule has 2 aromatic carbocycles. The quantitative estimate of drug-likeness (QED) is 0.424. The number of halogens is 3. The number of amides is 2. The Labute approximate surface area is 263 Å². The van der Waals surface area contributed by atoms with Crippen LogP contribution in [0.5, 0.6) is 5.75 Å². The Balaban J connectivity index is 1.37. The lowest BCUT2D eigenvalue weighted by Gasteiger charge is -2.36. The molecule has 0 spiro atoms. The fraction of sp³-hybridized carbons (Fsp3) is 0.484. The van der Waals surface area contributed by atoms with Crippen LogP contribution in [-0.4, -0.2) is 102 Å². The van der Waals surface area contributed by atoms with Gasteiger partial charge in [-0.2, -0.15) is 0 Å². The third-order valence-corrected chi connectivity index (χ3v) is 7.74. The summed E-state index contributed by atoms with van der Waals surface area (Å²) in [5.74, 6) is -1.15. The number of hydrogen-bond acceptors (Lipinski definition) is 9. The van der Waals surface area contributed by atoms with E-state index in [9.17, 15) is 27.6 Å². The first kappa shape index (κ1) is 33.0. The van der Waals surface area contributed by atoms with Crippen molar-refractivity contribution in [3.8, 4) is 11.4 Å². The van der Waals surface area contributed by atoms with Gasteiger partial charge in [-0.15, -0.1) is 13.2 Å². The number of nitrogens with one attached hydrogen (secondary N) is 1. The highest BCUT2D eigenvalue weighted by Gasteiger charge is 2.33. The van der Waals surface area contributed by atoms with Crippen molar-refractivity contribution in [1.29, 1.82) is 0 Å². The number of rotatable bonds is 6. The number of ether oxygens (including phenoxy) is 3. The molecule has 1 N–H and O–H groups in total. The molecule has 1 atom stereocenters. The molecule has 0 saturated carbocycles. The Bertz CT molecular complexity index is 1640. The van der Waals surface area contributed by atoms with E-state index >= 15 is 0 Å². The molecular formula is C31H37F3N6O6. The van der Waals surface area contributed by atoms with E-state index in [0.29, 0.717) is 63.4 Å². The summed E-state index contributed by atoms with van der Waals surface area (Å²) in [4.78, 5) is 49.1. The van der Waals surface area contributed by atoms with Crippen LogP contribution in [0.4, 0.5) is 29.3 Å². The molecule has 2 saturated heterocycles. The lowest BCUT2D eigenvalue weighted by Crippen LogP contribution is -2.50. The number of benzene rings is 2. The van der Waals surface area contributed by atoms with Crippen molar-refractivity contribution in [2.24, 2.45) is 0 Å². The summed E-state index contributed by atoms with van der Waals surface area (Å²) in [5, 5.41) is 2.83. The van der Waals surface area contributed by atoms with Gasteiger partial charge in [-0.3, -0.25) is 19.1 Å². The number of alkyl halides is 3. The zero-order chi connectivity index (χ0) is 33.2.